The summed E-state index contributed by atoms with van der Waals surface area (Å²) in [6.07, 6.45) is 3.32. The minimum Gasteiger partial charge on any atom is -0.354 e. The number of amides is 2. The molecule has 0 bridgehead atoms. The molecule has 0 unspecified atom stereocenters. The van der Waals surface area contributed by atoms with Gasteiger partial charge in [-0.05, 0) is 42.8 Å². The number of hydrogen-bond donors (Lipinski definition) is 2. The van der Waals surface area contributed by atoms with E-state index in [-0.39, 0.29) is 17.3 Å². The average molecular weight is 449 g/mol. The molecule has 3 rings (SSSR count). The maximum atomic E-state index is 12.6. The fourth-order valence-electron chi connectivity index (χ4n) is 2.66. The highest BCUT2D eigenvalue weighted by Crippen LogP contribution is 2.20. The lowest BCUT2D eigenvalue weighted by molar-refractivity contribution is 0.0958. The molecule has 2 amide bonds. The number of aryl methyl sites for hydroxylation is 2. The second-order valence-electron chi connectivity index (χ2n) is 6.15. The Balaban J connectivity index is 1.77. The van der Waals surface area contributed by atoms with Crippen molar-refractivity contribution in [2.75, 3.05) is 12.4 Å². The van der Waals surface area contributed by atoms with Gasteiger partial charge in [0.2, 0.25) is 0 Å². The van der Waals surface area contributed by atoms with E-state index >= 15 is 0 Å². The Morgan fingerprint density at radius 2 is 1.89 bits per heavy atom. The van der Waals surface area contributed by atoms with Crippen molar-refractivity contribution in [2.24, 2.45) is 0 Å². The Bertz CT molecular complexity index is 1030. The van der Waals surface area contributed by atoms with Crippen molar-refractivity contribution in [3.63, 3.8) is 0 Å². The van der Waals surface area contributed by atoms with Crippen LogP contribution in [0.2, 0.25) is 0 Å². The van der Waals surface area contributed by atoms with Crippen LogP contribution in [0.25, 0.3) is 0 Å². The lowest BCUT2D eigenvalue weighted by Gasteiger charge is -2.05. The van der Waals surface area contributed by atoms with Gasteiger partial charge in [-0.2, -0.15) is 15.3 Å². The van der Waals surface area contributed by atoms with Gasteiger partial charge in [0.15, 0.2) is 11.4 Å². The van der Waals surface area contributed by atoms with Gasteiger partial charge >= 0.3 is 0 Å². The van der Waals surface area contributed by atoms with Gasteiger partial charge in [-0.3, -0.25) is 19.0 Å². The molecule has 2 N–H and O–H groups in total. The van der Waals surface area contributed by atoms with Gasteiger partial charge in [0.05, 0.1) is 21.5 Å². The first kappa shape index (κ1) is 19.8. The normalized spacial score (nSPS) is 10.9. The summed E-state index contributed by atoms with van der Waals surface area (Å²) >= 11 is 3.49. The first-order chi connectivity index (χ1) is 13.3. The zero-order valence-electron chi connectivity index (χ0n) is 16.0. The number of carbonyl (C=O) groups is 2. The molecule has 28 heavy (non-hydrogen) atoms. The number of nitrogens with one attached hydrogen (secondary N) is 2. The van der Waals surface area contributed by atoms with Gasteiger partial charge in [0, 0.05) is 26.0 Å². The zero-order valence-corrected chi connectivity index (χ0v) is 17.6. The summed E-state index contributed by atoms with van der Waals surface area (Å²) < 4.78 is 5.95. The van der Waals surface area contributed by atoms with Crippen LogP contribution < -0.4 is 10.6 Å². The lowest BCUT2D eigenvalue weighted by atomic mass is 10.3. The largest absolute Gasteiger partial charge is 0.354 e. The maximum absolute atomic E-state index is 12.6. The van der Waals surface area contributed by atoms with E-state index in [0.717, 1.165) is 15.9 Å². The molecular formula is C17H21BrN8O2. The van der Waals surface area contributed by atoms with E-state index in [1.54, 1.807) is 32.5 Å². The molecule has 10 nitrogen and oxygen atoms in total. The Morgan fingerprint density at radius 3 is 2.50 bits per heavy atom. The van der Waals surface area contributed by atoms with Crippen molar-refractivity contribution in [3.05, 3.63) is 45.7 Å². The minimum atomic E-state index is -0.422. The summed E-state index contributed by atoms with van der Waals surface area (Å²) in [6, 6.07) is 1.61. The summed E-state index contributed by atoms with van der Waals surface area (Å²) in [5.41, 5.74) is 2.58. The first-order valence-corrected chi connectivity index (χ1v) is 9.47. The zero-order chi connectivity index (χ0) is 20.4. The summed E-state index contributed by atoms with van der Waals surface area (Å²) in [7, 11) is 1.51. The quantitative estimate of drug-likeness (QED) is 0.596. The molecule has 148 valence electrons. The number of hydrogen-bond acceptors (Lipinski definition) is 5. The van der Waals surface area contributed by atoms with E-state index < -0.39 is 5.91 Å². The molecule has 0 saturated carbocycles. The molecule has 0 spiro atoms. The predicted molar refractivity (Wildman–Crippen MR) is 106 cm³/mol. The fourth-order valence-corrected chi connectivity index (χ4v) is 2.94. The van der Waals surface area contributed by atoms with Crippen LogP contribution in [-0.4, -0.2) is 48.2 Å². The maximum Gasteiger partial charge on any atom is 0.276 e. The molecule has 0 fully saturated rings. The number of halogens is 1. The van der Waals surface area contributed by atoms with Crippen molar-refractivity contribution < 1.29 is 9.59 Å². The topological polar surface area (TPSA) is 112 Å². The highest BCUT2D eigenvalue weighted by Gasteiger charge is 2.19. The number of anilines is 1. The van der Waals surface area contributed by atoms with Crippen LogP contribution in [-0.2, 0) is 13.2 Å². The summed E-state index contributed by atoms with van der Waals surface area (Å²) in [4.78, 5) is 24.6. The molecule has 0 aliphatic heterocycles. The van der Waals surface area contributed by atoms with Crippen LogP contribution in [0.4, 0.5) is 5.69 Å². The second kappa shape index (κ2) is 7.97. The van der Waals surface area contributed by atoms with Gasteiger partial charge in [-0.15, -0.1) is 0 Å². The van der Waals surface area contributed by atoms with Crippen molar-refractivity contribution in [1.82, 2.24) is 34.7 Å². The highest BCUT2D eigenvalue weighted by atomic mass is 79.9. The van der Waals surface area contributed by atoms with Gasteiger partial charge in [0.25, 0.3) is 11.8 Å². The number of aromatic nitrogens is 6. The Kier molecular flexibility index (Phi) is 5.63. The third-order valence-electron chi connectivity index (χ3n) is 4.22. The van der Waals surface area contributed by atoms with Crippen molar-refractivity contribution in [2.45, 2.75) is 34.0 Å². The van der Waals surface area contributed by atoms with Gasteiger partial charge < -0.3 is 10.6 Å². The fraction of sp³-hybridized carbons (Fsp3) is 0.353. The molecule has 3 aromatic heterocycles. The van der Waals surface area contributed by atoms with Crippen LogP contribution in [0.1, 0.15) is 39.3 Å². The van der Waals surface area contributed by atoms with Crippen LogP contribution in [0.5, 0.6) is 0 Å². The molecule has 0 aromatic carbocycles. The lowest BCUT2D eigenvalue weighted by Crippen LogP contribution is -2.22. The summed E-state index contributed by atoms with van der Waals surface area (Å²) in [6.45, 7) is 6.71. The molecule has 0 aliphatic rings. The molecule has 0 aliphatic carbocycles. The minimum absolute atomic E-state index is 0.157. The Hall–Kier alpha value is -2.95. The summed E-state index contributed by atoms with van der Waals surface area (Å²) in [5, 5.41) is 18.1. The van der Waals surface area contributed by atoms with E-state index in [2.05, 4.69) is 41.9 Å². The third kappa shape index (κ3) is 3.84. The molecule has 3 heterocycles. The van der Waals surface area contributed by atoms with Gasteiger partial charge in [-0.25, -0.2) is 4.68 Å². The van der Waals surface area contributed by atoms with Gasteiger partial charge in [-0.1, -0.05) is 0 Å². The van der Waals surface area contributed by atoms with Crippen molar-refractivity contribution in [1.29, 1.82) is 0 Å². The van der Waals surface area contributed by atoms with E-state index in [1.165, 1.54) is 7.05 Å². The SMILES string of the molecule is CCn1cc(NC(=O)c2ccn(Cn3nc(C)c(Br)c3C)n2)c(C(=O)NC)n1. The number of carbonyl (C=O) groups excluding carboxylic acids is 2. The third-order valence-corrected chi connectivity index (χ3v) is 5.37. The monoisotopic (exact) mass is 448 g/mol. The standard InChI is InChI=1S/C17H21BrN8O2/c1-5-24-8-13(15(23-24)17(28)19-4)20-16(27)12-6-7-25(22-12)9-26-11(3)14(18)10(2)21-26/h6-8H,5,9H2,1-4H3,(H,19,28)(H,20,27). The number of rotatable bonds is 6. The molecular weight excluding hydrogens is 428 g/mol. The molecule has 11 heteroatoms. The molecule has 0 atom stereocenters. The predicted octanol–water partition coefficient (Wildman–Crippen LogP) is 1.79. The second-order valence-corrected chi connectivity index (χ2v) is 6.94. The van der Waals surface area contributed by atoms with Crippen LogP contribution >= 0.6 is 15.9 Å². The summed E-state index contributed by atoms with van der Waals surface area (Å²) in [5.74, 6) is -0.794. The Morgan fingerprint density at radius 1 is 1.14 bits per heavy atom. The van der Waals surface area contributed by atoms with Crippen molar-refractivity contribution in [3.8, 4) is 0 Å². The first-order valence-electron chi connectivity index (χ1n) is 8.67. The highest BCUT2D eigenvalue weighted by molar-refractivity contribution is 9.10. The van der Waals surface area contributed by atoms with E-state index in [4.69, 9.17) is 0 Å². The smallest absolute Gasteiger partial charge is 0.276 e. The van der Waals surface area contributed by atoms with E-state index in [1.807, 2.05) is 20.8 Å². The van der Waals surface area contributed by atoms with E-state index in [9.17, 15) is 9.59 Å². The molecule has 0 radical (unpaired) electrons. The van der Waals surface area contributed by atoms with Crippen LogP contribution in [0, 0.1) is 13.8 Å². The average Bonchev–Trinajstić information content (AvgIpc) is 3.37. The van der Waals surface area contributed by atoms with Crippen LogP contribution in [0.3, 0.4) is 0 Å². The number of nitrogens with zero attached hydrogens (tertiary/aromatic N) is 6. The van der Waals surface area contributed by atoms with Gasteiger partial charge in [0.1, 0.15) is 6.67 Å². The molecule has 0 saturated heterocycles. The van der Waals surface area contributed by atoms with E-state index in [0.29, 0.717) is 18.9 Å². The van der Waals surface area contributed by atoms with Crippen molar-refractivity contribution >= 4 is 33.4 Å². The van der Waals surface area contributed by atoms with Crippen LogP contribution in [0.15, 0.2) is 22.9 Å². The Labute approximate surface area is 170 Å². The molecule has 3 aromatic rings.